The zero-order valence-electron chi connectivity index (χ0n) is 14.1. The molecular formula is C17H29NO3. The molecule has 0 radical (unpaired) electrons. The van der Waals surface area contributed by atoms with Crippen LogP contribution in [0, 0.1) is 6.92 Å². The molecule has 0 saturated carbocycles. The predicted octanol–water partition coefficient (Wildman–Crippen LogP) is 2.81. The van der Waals surface area contributed by atoms with Gasteiger partial charge in [-0.25, -0.2) is 0 Å². The number of carbonyl (C=O) groups excluding carboxylic acids is 1. The van der Waals surface area contributed by atoms with E-state index in [1.165, 1.54) is 5.56 Å². The highest BCUT2D eigenvalue weighted by Gasteiger charge is 2.24. The Balaban J connectivity index is 0.00000191. The maximum absolute atomic E-state index is 11.8. The van der Waals surface area contributed by atoms with Crippen LogP contribution in [0.1, 0.15) is 45.7 Å². The zero-order valence-corrected chi connectivity index (χ0v) is 14.1. The third kappa shape index (κ3) is 8.48. The van der Waals surface area contributed by atoms with Crippen LogP contribution in [0.5, 0.6) is 0 Å². The molecule has 1 aromatic rings. The van der Waals surface area contributed by atoms with E-state index in [0.717, 1.165) is 5.56 Å². The summed E-state index contributed by atoms with van der Waals surface area (Å²) in [6.07, 6.45) is 0. The van der Waals surface area contributed by atoms with Crippen LogP contribution in [0.3, 0.4) is 0 Å². The van der Waals surface area contributed by atoms with E-state index in [0.29, 0.717) is 6.54 Å². The predicted molar refractivity (Wildman–Crippen MR) is 86.1 cm³/mol. The summed E-state index contributed by atoms with van der Waals surface area (Å²) in [4.78, 5) is 11.8. The number of benzene rings is 1. The van der Waals surface area contributed by atoms with E-state index in [2.05, 4.69) is 5.32 Å². The fraction of sp³-hybridized carbons (Fsp3) is 0.588. The van der Waals surface area contributed by atoms with Gasteiger partial charge in [-0.3, -0.25) is 10.1 Å². The van der Waals surface area contributed by atoms with Crippen LogP contribution >= 0.6 is 0 Å². The molecule has 0 spiro atoms. The number of aliphatic hydroxyl groups is 1. The van der Waals surface area contributed by atoms with Crippen LogP contribution in [-0.4, -0.2) is 29.3 Å². The Hall–Kier alpha value is -1.39. The smallest absolute Gasteiger partial charge is 0.326 e. The number of hydrogen-bond donors (Lipinski definition) is 2. The van der Waals surface area contributed by atoms with Crippen molar-refractivity contribution in [3.63, 3.8) is 0 Å². The average Bonchev–Trinajstić information content (AvgIpc) is 2.42. The fourth-order valence-electron chi connectivity index (χ4n) is 1.54. The number of nitrogens with one attached hydrogen (secondary N) is 1. The molecule has 1 unspecified atom stereocenters. The molecule has 0 aliphatic carbocycles. The van der Waals surface area contributed by atoms with Gasteiger partial charge in [-0.2, -0.15) is 0 Å². The minimum atomic E-state index is -0.694. The molecule has 0 aliphatic rings. The first-order valence-electron chi connectivity index (χ1n) is 7.44. The summed E-state index contributed by atoms with van der Waals surface area (Å²) in [6.45, 7) is 11.7. The van der Waals surface area contributed by atoms with Crippen LogP contribution in [0.4, 0.5) is 0 Å². The van der Waals surface area contributed by atoms with Gasteiger partial charge in [-0.15, -0.1) is 0 Å². The zero-order chi connectivity index (χ0) is 16.5. The van der Waals surface area contributed by atoms with Crippen molar-refractivity contribution in [1.82, 2.24) is 5.32 Å². The Kier molecular flexibility index (Phi) is 8.90. The summed E-state index contributed by atoms with van der Waals surface area (Å²) in [5.41, 5.74) is 1.71. The van der Waals surface area contributed by atoms with Gasteiger partial charge in [0.25, 0.3) is 0 Å². The Morgan fingerprint density at radius 2 is 1.76 bits per heavy atom. The molecular weight excluding hydrogens is 266 g/mol. The molecule has 0 amide bonds. The summed E-state index contributed by atoms with van der Waals surface area (Å²) in [5, 5.41) is 12.3. The average molecular weight is 295 g/mol. The number of hydrogen-bond acceptors (Lipinski definition) is 4. The van der Waals surface area contributed by atoms with Gasteiger partial charge in [-0.1, -0.05) is 43.7 Å². The highest BCUT2D eigenvalue weighted by molar-refractivity contribution is 5.76. The van der Waals surface area contributed by atoms with Gasteiger partial charge < -0.3 is 9.84 Å². The topological polar surface area (TPSA) is 58.6 Å². The monoisotopic (exact) mass is 295 g/mol. The van der Waals surface area contributed by atoms with E-state index in [-0.39, 0.29) is 6.61 Å². The number of carbonyl (C=O) groups is 1. The third-order valence-electron chi connectivity index (χ3n) is 2.55. The summed E-state index contributed by atoms with van der Waals surface area (Å²) >= 11 is 0. The third-order valence-corrected chi connectivity index (χ3v) is 2.55. The number of aryl methyl sites for hydroxylation is 1. The van der Waals surface area contributed by atoms with Crippen molar-refractivity contribution in [1.29, 1.82) is 0 Å². The molecule has 120 valence electrons. The second kappa shape index (κ2) is 9.53. The van der Waals surface area contributed by atoms with Crippen molar-refractivity contribution < 1.29 is 14.6 Å². The molecule has 0 aliphatic heterocycles. The SMILES string of the molecule is CC.Cc1ccc(CNC(CO)C(=O)OC(C)(C)C)cc1. The van der Waals surface area contributed by atoms with E-state index in [4.69, 9.17) is 4.74 Å². The molecule has 0 fully saturated rings. The molecule has 0 saturated heterocycles. The Bertz CT molecular complexity index is 407. The van der Waals surface area contributed by atoms with Gasteiger partial charge in [0.15, 0.2) is 0 Å². The molecule has 0 heterocycles. The molecule has 1 rings (SSSR count). The lowest BCUT2D eigenvalue weighted by atomic mass is 10.1. The molecule has 0 bridgehead atoms. The Labute approximate surface area is 128 Å². The van der Waals surface area contributed by atoms with Crippen LogP contribution in [0.2, 0.25) is 0 Å². The second-order valence-electron chi connectivity index (χ2n) is 5.64. The van der Waals surface area contributed by atoms with Crippen LogP contribution < -0.4 is 5.32 Å². The second-order valence-corrected chi connectivity index (χ2v) is 5.64. The molecule has 1 aromatic carbocycles. The van der Waals surface area contributed by atoms with Gasteiger partial charge >= 0.3 is 5.97 Å². The first-order valence-corrected chi connectivity index (χ1v) is 7.44. The lowest BCUT2D eigenvalue weighted by Gasteiger charge is -2.23. The van der Waals surface area contributed by atoms with Crippen LogP contribution in [-0.2, 0) is 16.1 Å². The fourth-order valence-corrected chi connectivity index (χ4v) is 1.54. The maximum Gasteiger partial charge on any atom is 0.326 e. The minimum absolute atomic E-state index is 0.277. The minimum Gasteiger partial charge on any atom is -0.459 e. The van der Waals surface area contributed by atoms with Gasteiger partial charge in [-0.05, 0) is 33.3 Å². The quantitative estimate of drug-likeness (QED) is 0.820. The van der Waals surface area contributed by atoms with Crippen molar-refractivity contribution in [3.8, 4) is 0 Å². The highest BCUT2D eigenvalue weighted by Crippen LogP contribution is 2.09. The highest BCUT2D eigenvalue weighted by atomic mass is 16.6. The van der Waals surface area contributed by atoms with Crippen LogP contribution in [0.15, 0.2) is 24.3 Å². The Morgan fingerprint density at radius 3 is 2.19 bits per heavy atom. The maximum atomic E-state index is 11.8. The first-order chi connectivity index (χ1) is 9.81. The van der Waals surface area contributed by atoms with Crippen molar-refractivity contribution in [2.75, 3.05) is 6.61 Å². The molecule has 1 atom stereocenters. The molecule has 4 nitrogen and oxygen atoms in total. The normalized spacial score (nSPS) is 12.1. The summed E-state index contributed by atoms with van der Waals surface area (Å²) < 4.78 is 5.24. The Morgan fingerprint density at radius 1 is 1.24 bits per heavy atom. The van der Waals surface area contributed by atoms with E-state index in [9.17, 15) is 9.90 Å². The molecule has 21 heavy (non-hydrogen) atoms. The summed E-state index contributed by atoms with van der Waals surface area (Å²) in [6, 6.07) is 7.31. The number of aliphatic hydroxyl groups excluding tert-OH is 1. The van der Waals surface area contributed by atoms with Crippen molar-refractivity contribution in [2.45, 2.75) is 59.7 Å². The first kappa shape index (κ1) is 19.6. The molecule has 0 aromatic heterocycles. The lowest BCUT2D eigenvalue weighted by Crippen LogP contribution is -2.43. The number of ether oxygens (including phenoxy) is 1. The van der Waals surface area contributed by atoms with Gasteiger partial charge in [0.1, 0.15) is 11.6 Å². The van der Waals surface area contributed by atoms with Gasteiger partial charge in [0.05, 0.1) is 6.61 Å². The summed E-state index contributed by atoms with van der Waals surface area (Å²) in [5.74, 6) is -0.429. The molecule has 4 heteroatoms. The van der Waals surface area contributed by atoms with E-state index >= 15 is 0 Å². The van der Waals surface area contributed by atoms with Crippen molar-refractivity contribution >= 4 is 5.97 Å². The van der Waals surface area contributed by atoms with Gasteiger partial charge in [0.2, 0.25) is 0 Å². The van der Waals surface area contributed by atoms with E-state index in [1.807, 2.05) is 45.0 Å². The van der Waals surface area contributed by atoms with Crippen LogP contribution in [0.25, 0.3) is 0 Å². The molecule has 2 N–H and O–H groups in total. The van der Waals surface area contributed by atoms with Gasteiger partial charge in [0, 0.05) is 6.54 Å². The van der Waals surface area contributed by atoms with Crippen molar-refractivity contribution in [3.05, 3.63) is 35.4 Å². The number of esters is 1. The largest absolute Gasteiger partial charge is 0.459 e. The lowest BCUT2D eigenvalue weighted by molar-refractivity contribution is -0.158. The van der Waals surface area contributed by atoms with Crippen molar-refractivity contribution in [2.24, 2.45) is 0 Å². The summed E-state index contributed by atoms with van der Waals surface area (Å²) in [7, 11) is 0. The number of rotatable bonds is 5. The van der Waals surface area contributed by atoms with E-state index < -0.39 is 17.6 Å². The van der Waals surface area contributed by atoms with E-state index in [1.54, 1.807) is 20.8 Å². The standard InChI is InChI=1S/C15H23NO3.C2H6/c1-11-5-7-12(8-6-11)9-16-13(10-17)14(18)19-15(2,3)4;1-2/h5-8,13,16-17H,9-10H2,1-4H3;1-2H3.